The molecule has 0 aromatic carbocycles. The van der Waals surface area contributed by atoms with Crippen LogP contribution in [0.5, 0.6) is 0 Å². The van der Waals surface area contributed by atoms with Gasteiger partial charge in [-0.3, -0.25) is 0 Å². The van der Waals surface area contributed by atoms with Crippen LogP contribution < -0.4 is 0 Å². The Balaban J connectivity index is 2.99. The van der Waals surface area contributed by atoms with Gasteiger partial charge in [0.2, 0.25) is 0 Å². The zero-order valence-corrected chi connectivity index (χ0v) is 41.8. The molecule has 40 heavy (non-hydrogen) atoms. The zero-order chi connectivity index (χ0) is 32.0. The molecule has 2 fully saturated rings. The standard InChI is InChI=1S/C30H74Si10/c1-33(2,3)27(34(4,5)6)23-25-29(37(13,14)15)31(27)32-28(35(7,8)9,36(10,11)12)24-26-30(32,38(16,17)18)40(21,22)39(29,19)20/h23-26H2,1-22H3/t29-,30-/m0/s1. The third kappa shape index (κ3) is 3.93. The summed E-state index contributed by atoms with van der Waals surface area (Å²) in [5.74, 6) is 0. The molecule has 0 N–H and O–H groups in total. The molecule has 0 radical (unpaired) electrons. The summed E-state index contributed by atoms with van der Waals surface area (Å²) in [6, 6.07) is 0. The van der Waals surface area contributed by atoms with Gasteiger partial charge in [0.25, 0.3) is 0 Å². The van der Waals surface area contributed by atoms with Gasteiger partial charge in [-0.25, -0.2) is 0 Å². The predicted molar refractivity (Wildman–Crippen MR) is 216 cm³/mol. The second kappa shape index (κ2) is 9.38. The van der Waals surface area contributed by atoms with Crippen LogP contribution in [0, 0.1) is 0 Å². The first kappa shape index (κ1) is 36.6. The van der Waals surface area contributed by atoms with Crippen LogP contribution in [0.2, 0.25) is 161 Å². The van der Waals surface area contributed by atoms with Crippen LogP contribution in [0.15, 0.2) is 0 Å². The fourth-order valence-corrected chi connectivity index (χ4v) is 163. The molecule has 0 aromatic rings. The van der Waals surface area contributed by atoms with Crippen molar-refractivity contribution in [2.24, 2.45) is 0 Å². The summed E-state index contributed by atoms with van der Waals surface area (Å²) in [5.41, 5.74) is 0. The highest BCUT2D eigenvalue weighted by molar-refractivity contribution is 7.58. The monoisotopic (exact) mass is 714 g/mol. The van der Waals surface area contributed by atoms with E-state index < -0.39 is 79.4 Å². The van der Waals surface area contributed by atoms with Gasteiger partial charge in [0.05, 0.1) is 0 Å². The molecule has 0 aromatic heterocycles. The Hall–Kier alpha value is 2.17. The molecule has 2 atom stereocenters. The minimum absolute atomic E-state index is 0.558. The van der Waals surface area contributed by atoms with Crippen LogP contribution >= 0.6 is 0 Å². The second-order valence-corrected chi connectivity index (χ2v) is 83.9. The Morgan fingerprint density at radius 3 is 0.700 bits per heavy atom. The van der Waals surface area contributed by atoms with E-state index in [1.54, 1.807) is 25.7 Å². The minimum Gasteiger partial charge on any atom is -0.0711 e. The molecule has 0 saturated carbocycles. The molecule has 3 aliphatic heterocycles. The van der Waals surface area contributed by atoms with Crippen LogP contribution in [0.25, 0.3) is 0 Å². The third-order valence-corrected chi connectivity index (χ3v) is 113. The Morgan fingerprint density at radius 1 is 0.350 bits per heavy atom. The van der Waals surface area contributed by atoms with Gasteiger partial charge in [-0.15, -0.1) is 0 Å². The summed E-state index contributed by atoms with van der Waals surface area (Å²) in [5, 5.41) is 0. The Bertz CT molecular complexity index is 962. The van der Waals surface area contributed by atoms with Gasteiger partial charge in [-0.2, -0.15) is 0 Å². The van der Waals surface area contributed by atoms with E-state index in [0.29, 0.717) is 0 Å². The van der Waals surface area contributed by atoms with E-state index in [2.05, 4.69) is 144 Å². The van der Waals surface area contributed by atoms with E-state index in [4.69, 9.17) is 0 Å². The van der Waals surface area contributed by atoms with Gasteiger partial charge >= 0.3 is 0 Å². The molecule has 234 valence electrons. The summed E-state index contributed by atoms with van der Waals surface area (Å²) in [6.07, 6.45) is 6.76. The van der Waals surface area contributed by atoms with Crippen molar-refractivity contribution in [3.63, 3.8) is 0 Å². The topological polar surface area (TPSA) is 0 Å². The summed E-state index contributed by atoms with van der Waals surface area (Å²) in [4.78, 5) is 0. The largest absolute Gasteiger partial charge is 0.0711 e. The lowest BCUT2D eigenvalue weighted by Gasteiger charge is -2.73. The molecular weight excluding hydrogens is 641 g/mol. The number of hydrogen-bond acceptors (Lipinski definition) is 0. The van der Waals surface area contributed by atoms with E-state index in [-0.39, 0.29) is 0 Å². The maximum absolute atomic E-state index is 3.11. The highest BCUT2D eigenvalue weighted by Gasteiger charge is 2.83. The second-order valence-electron chi connectivity index (χ2n) is 22.1. The lowest BCUT2D eigenvalue weighted by atomic mass is 10.4. The first-order valence-corrected chi connectivity index (χ1v) is 48.9. The third-order valence-electron chi connectivity index (χ3n) is 15.1. The van der Waals surface area contributed by atoms with Gasteiger partial charge in [0.1, 0.15) is 0 Å². The molecule has 0 unspecified atom stereocenters. The molecule has 10 heteroatoms. The molecule has 0 nitrogen and oxygen atoms in total. The van der Waals surface area contributed by atoms with Crippen molar-refractivity contribution in [3.8, 4) is 0 Å². The normalized spacial score (nSPS) is 32.2. The molecule has 2 saturated heterocycles. The predicted octanol–water partition coefficient (Wildman–Crippen LogP) is 11.5. The van der Waals surface area contributed by atoms with Crippen molar-refractivity contribution in [2.45, 2.75) is 187 Å². The maximum Gasteiger partial charge on any atom is 0.0481 e. The van der Waals surface area contributed by atoms with E-state index in [1.807, 2.05) is 0 Å². The van der Waals surface area contributed by atoms with E-state index in [9.17, 15) is 0 Å². The van der Waals surface area contributed by atoms with Crippen molar-refractivity contribution >= 4 is 79.4 Å². The highest BCUT2D eigenvalue weighted by atomic mass is 29.3. The SMILES string of the molecule is C[Si](C)(C)C1([Si](C)(C)C)CC[C@@]2([Si](C)(C)C)[Si]1=[Si]1C([Si](C)(C)C)([Si](C)(C)C)CC[C@]1([Si](C)(C)C)[Si](C)(C)[Si]2(C)C. The Morgan fingerprint density at radius 2 is 0.550 bits per heavy atom. The Kier molecular flexibility index (Phi) is 8.59. The van der Waals surface area contributed by atoms with Crippen molar-refractivity contribution < 1.29 is 0 Å². The lowest BCUT2D eigenvalue weighted by molar-refractivity contribution is 0.755. The fourth-order valence-electron chi connectivity index (χ4n) is 13.8. The van der Waals surface area contributed by atoms with Crippen molar-refractivity contribution in [3.05, 3.63) is 0 Å². The molecule has 0 bridgehead atoms. The van der Waals surface area contributed by atoms with Gasteiger partial charge in [-0.05, 0) is 32.9 Å². The summed E-state index contributed by atoms with van der Waals surface area (Å²) in [6.45, 7) is 65.2. The average molecular weight is 716 g/mol. The highest BCUT2D eigenvalue weighted by Crippen LogP contribution is 2.80. The fraction of sp³-hybridized carbons (Fsp3) is 1.00. The number of hydrogen-bond donors (Lipinski definition) is 0. The molecular formula is C30H74Si10. The van der Waals surface area contributed by atoms with Crippen molar-refractivity contribution in [2.75, 3.05) is 0 Å². The number of rotatable bonds is 6. The first-order valence-electron chi connectivity index (χ1n) is 16.9. The first-order chi connectivity index (χ1) is 17.2. The van der Waals surface area contributed by atoms with Gasteiger partial charge in [-0.1, -0.05) is 170 Å². The molecule has 3 rings (SSSR count). The maximum atomic E-state index is 3.11. The Labute approximate surface area is 264 Å². The molecule has 3 aliphatic rings. The van der Waals surface area contributed by atoms with Gasteiger partial charge in [0.15, 0.2) is 0 Å². The molecule has 0 amide bonds. The van der Waals surface area contributed by atoms with E-state index >= 15 is 0 Å². The van der Waals surface area contributed by atoms with Crippen LogP contribution in [0.1, 0.15) is 25.7 Å². The quantitative estimate of drug-likeness (QED) is 0.240. The summed E-state index contributed by atoms with van der Waals surface area (Å²) < 4.78 is 3.34. The summed E-state index contributed by atoms with van der Waals surface area (Å²) in [7, 11) is -12.9. The van der Waals surface area contributed by atoms with Crippen LogP contribution in [-0.2, 0) is 0 Å². The van der Waals surface area contributed by atoms with E-state index in [1.165, 1.54) is 0 Å². The number of fused-ring (bicyclic) bond motifs is 2. The molecule has 3 heterocycles. The molecule has 0 spiro atoms. The van der Waals surface area contributed by atoms with E-state index in [0.717, 1.165) is 17.1 Å². The van der Waals surface area contributed by atoms with Crippen molar-refractivity contribution in [1.29, 1.82) is 0 Å². The van der Waals surface area contributed by atoms with Crippen LogP contribution in [-0.4, -0.2) is 79.4 Å². The smallest absolute Gasteiger partial charge is 0.0481 e. The van der Waals surface area contributed by atoms with Crippen LogP contribution in [0.3, 0.4) is 0 Å². The average Bonchev–Trinajstić information content (AvgIpc) is 3.21. The van der Waals surface area contributed by atoms with Gasteiger partial charge < -0.3 is 0 Å². The minimum atomic E-state index is -1.55. The molecule has 0 aliphatic carbocycles. The van der Waals surface area contributed by atoms with Crippen LogP contribution in [0.4, 0.5) is 0 Å². The summed E-state index contributed by atoms with van der Waals surface area (Å²) >= 11 is 0. The van der Waals surface area contributed by atoms with Crippen molar-refractivity contribution in [1.82, 2.24) is 0 Å². The lowest BCUT2D eigenvalue weighted by Crippen LogP contribution is -2.85. The zero-order valence-electron chi connectivity index (χ0n) is 31.8. The van der Waals surface area contributed by atoms with Gasteiger partial charge in [0, 0.05) is 63.6 Å².